The summed E-state index contributed by atoms with van der Waals surface area (Å²) in [5, 5.41) is 9.30. The van der Waals surface area contributed by atoms with E-state index in [0.717, 1.165) is 30.9 Å². The third kappa shape index (κ3) is 10.3. The average molecular weight is 464 g/mol. The van der Waals surface area contributed by atoms with E-state index in [0.29, 0.717) is 19.0 Å². The van der Waals surface area contributed by atoms with Crippen molar-refractivity contribution < 1.29 is 9.18 Å². The lowest BCUT2D eigenvalue weighted by atomic mass is 10.0. The van der Waals surface area contributed by atoms with Gasteiger partial charge in [-0.15, -0.1) is 24.0 Å². The molecule has 1 aromatic rings. The highest BCUT2D eigenvalue weighted by Gasteiger charge is 2.05. The van der Waals surface area contributed by atoms with Crippen LogP contribution in [0.25, 0.3) is 0 Å². The molecule has 0 atom stereocenters. The maximum Gasteiger partial charge on any atom is 0.224 e. The Hall–Kier alpha value is -1.38. The Morgan fingerprint density at radius 2 is 1.68 bits per heavy atom. The summed E-state index contributed by atoms with van der Waals surface area (Å²) in [6.45, 7) is 6.36. The van der Waals surface area contributed by atoms with Gasteiger partial charge in [0, 0.05) is 26.7 Å². The largest absolute Gasteiger partial charge is 0.356 e. The van der Waals surface area contributed by atoms with E-state index in [4.69, 9.17) is 0 Å². The average Bonchev–Trinajstić information content (AvgIpc) is 2.59. The molecule has 0 saturated heterocycles. The molecule has 0 unspecified atom stereocenters. The van der Waals surface area contributed by atoms with Gasteiger partial charge in [-0.05, 0) is 23.6 Å². The fourth-order valence-corrected chi connectivity index (χ4v) is 2.27. The van der Waals surface area contributed by atoms with Crippen LogP contribution in [-0.2, 0) is 11.2 Å². The number of rotatable bonds is 9. The van der Waals surface area contributed by atoms with Crippen molar-refractivity contribution in [1.29, 1.82) is 0 Å². The van der Waals surface area contributed by atoms with Crippen molar-refractivity contribution in [3.63, 3.8) is 0 Å². The zero-order valence-electron chi connectivity index (χ0n) is 15.3. The van der Waals surface area contributed by atoms with Crippen LogP contribution < -0.4 is 16.0 Å². The minimum absolute atomic E-state index is 0. The minimum Gasteiger partial charge on any atom is -0.356 e. The smallest absolute Gasteiger partial charge is 0.224 e. The molecular formula is C18H30FIN4O. The van der Waals surface area contributed by atoms with Gasteiger partial charge in [0.2, 0.25) is 5.91 Å². The maximum absolute atomic E-state index is 12.8. The van der Waals surface area contributed by atoms with Gasteiger partial charge in [0.25, 0.3) is 0 Å². The zero-order chi connectivity index (χ0) is 17.8. The van der Waals surface area contributed by atoms with Gasteiger partial charge in [-0.25, -0.2) is 4.39 Å². The molecule has 1 aromatic carbocycles. The highest BCUT2D eigenvalue weighted by molar-refractivity contribution is 14.0. The molecule has 0 aliphatic heterocycles. The molecule has 0 radical (unpaired) electrons. The quantitative estimate of drug-likeness (QED) is 0.228. The monoisotopic (exact) mass is 464 g/mol. The molecule has 0 aliphatic carbocycles. The van der Waals surface area contributed by atoms with Gasteiger partial charge in [0.05, 0.1) is 6.42 Å². The fraction of sp³-hybridized carbons (Fsp3) is 0.556. The predicted molar refractivity (Wildman–Crippen MR) is 112 cm³/mol. The third-order valence-corrected chi connectivity index (χ3v) is 3.95. The van der Waals surface area contributed by atoms with Crippen LogP contribution in [0.3, 0.4) is 0 Å². The number of aliphatic imine (C=N–C) groups is 1. The molecule has 0 heterocycles. The van der Waals surface area contributed by atoms with Crippen LogP contribution in [0.4, 0.5) is 4.39 Å². The van der Waals surface area contributed by atoms with Gasteiger partial charge in [0.1, 0.15) is 5.82 Å². The van der Waals surface area contributed by atoms with Crippen molar-refractivity contribution in [3.8, 4) is 0 Å². The van der Waals surface area contributed by atoms with Crippen molar-refractivity contribution in [2.45, 2.75) is 33.1 Å². The summed E-state index contributed by atoms with van der Waals surface area (Å²) < 4.78 is 12.8. The van der Waals surface area contributed by atoms with Gasteiger partial charge in [0.15, 0.2) is 5.96 Å². The SMILES string of the molecule is CCC(CC)CNC(=NC)NCCNC(=O)Cc1ccc(F)cc1.I. The fourth-order valence-electron chi connectivity index (χ4n) is 2.27. The van der Waals surface area contributed by atoms with E-state index in [2.05, 4.69) is 34.8 Å². The standard InChI is InChI=1S/C18H29FN4O.HI/c1-4-14(5-2)13-23-18(20-3)22-11-10-21-17(24)12-15-6-8-16(19)9-7-15;/h6-9,14H,4-5,10-13H2,1-3H3,(H,21,24)(H2,20,22,23);1H. The number of amides is 1. The van der Waals surface area contributed by atoms with Crippen molar-refractivity contribution >= 4 is 35.8 Å². The molecule has 1 rings (SSSR count). The van der Waals surface area contributed by atoms with Crippen molar-refractivity contribution in [2.24, 2.45) is 10.9 Å². The summed E-state index contributed by atoms with van der Waals surface area (Å²) >= 11 is 0. The Morgan fingerprint density at radius 1 is 1.08 bits per heavy atom. The molecule has 0 aromatic heterocycles. The summed E-state index contributed by atoms with van der Waals surface area (Å²) in [4.78, 5) is 16.0. The van der Waals surface area contributed by atoms with Crippen LogP contribution >= 0.6 is 24.0 Å². The second-order valence-corrected chi connectivity index (χ2v) is 5.72. The molecule has 5 nitrogen and oxygen atoms in total. The summed E-state index contributed by atoms with van der Waals surface area (Å²) in [6, 6.07) is 5.97. The van der Waals surface area contributed by atoms with Crippen molar-refractivity contribution in [1.82, 2.24) is 16.0 Å². The van der Waals surface area contributed by atoms with Crippen LogP contribution in [0.5, 0.6) is 0 Å². The number of halogens is 2. The van der Waals surface area contributed by atoms with E-state index >= 15 is 0 Å². The molecule has 0 spiro atoms. The van der Waals surface area contributed by atoms with Crippen molar-refractivity contribution in [3.05, 3.63) is 35.6 Å². The Bertz CT molecular complexity index is 518. The number of benzene rings is 1. The lowest BCUT2D eigenvalue weighted by Gasteiger charge is -2.16. The van der Waals surface area contributed by atoms with Gasteiger partial charge < -0.3 is 16.0 Å². The lowest BCUT2D eigenvalue weighted by molar-refractivity contribution is -0.120. The topological polar surface area (TPSA) is 65.5 Å². The number of nitrogens with one attached hydrogen (secondary N) is 3. The number of nitrogens with zero attached hydrogens (tertiary/aromatic N) is 1. The van der Waals surface area contributed by atoms with Gasteiger partial charge in [-0.1, -0.05) is 38.8 Å². The molecule has 142 valence electrons. The van der Waals surface area contributed by atoms with Gasteiger partial charge in [-0.2, -0.15) is 0 Å². The Morgan fingerprint density at radius 3 is 2.24 bits per heavy atom. The minimum atomic E-state index is -0.296. The summed E-state index contributed by atoms with van der Waals surface area (Å²) in [5.41, 5.74) is 0.796. The number of guanidine groups is 1. The number of carbonyl (C=O) groups is 1. The molecular weight excluding hydrogens is 434 g/mol. The first kappa shape index (κ1) is 23.6. The number of hydrogen-bond acceptors (Lipinski definition) is 2. The summed E-state index contributed by atoms with van der Waals surface area (Å²) in [5.74, 6) is 1.01. The Labute approximate surface area is 167 Å². The van der Waals surface area contributed by atoms with Crippen LogP contribution in [0.2, 0.25) is 0 Å². The number of carbonyl (C=O) groups excluding carboxylic acids is 1. The number of hydrogen-bond donors (Lipinski definition) is 3. The van der Waals surface area contributed by atoms with Gasteiger partial charge >= 0.3 is 0 Å². The molecule has 3 N–H and O–H groups in total. The van der Waals surface area contributed by atoms with E-state index < -0.39 is 0 Å². The van der Waals surface area contributed by atoms with E-state index in [-0.39, 0.29) is 42.1 Å². The molecule has 25 heavy (non-hydrogen) atoms. The van der Waals surface area contributed by atoms with Crippen LogP contribution in [0.1, 0.15) is 32.3 Å². The highest BCUT2D eigenvalue weighted by Crippen LogP contribution is 2.05. The normalized spacial score (nSPS) is 11.0. The van der Waals surface area contributed by atoms with Crippen LogP contribution in [0, 0.1) is 11.7 Å². The molecule has 7 heteroatoms. The highest BCUT2D eigenvalue weighted by atomic mass is 127. The first-order valence-corrected chi connectivity index (χ1v) is 8.54. The Balaban J connectivity index is 0.00000576. The van der Waals surface area contributed by atoms with Crippen LogP contribution in [0.15, 0.2) is 29.3 Å². The molecule has 0 fully saturated rings. The first-order chi connectivity index (χ1) is 11.6. The summed E-state index contributed by atoms with van der Waals surface area (Å²) in [6.07, 6.45) is 2.53. The molecule has 0 saturated carbocycles. The second kappa shape index (κ2) is 13.9. The van der Waals surface area contributed by atoms with E-state index in [9.17, 15) is 9.18 Å². The second-order valence-electron chi connectivity index (χ2n) is 5.72. The predicted octanol–water partition coefficient (Wildman–Crippen LogP) is 2.70. The van der Waals surface area contributed by atoms with E-state index in [1.165, 1.54) is 12.1 Å². The van der Waals surface area contributed by atoms with Crippen LogP contribution in [-0.4, -0.2) is 38.5 Å². The van der Waals surface area contributed by atoms with Crippen molar-refractivity contribution in [2.75, 3.05) is 26.7 Å². The molecule has 0 bridgehead atoms. The summed E-state index contributed by atoms with van der Waals surface area (Å²) in [7, 11) is 1.73. The Kier molecular flexibility index (Phi) is 13.1. The van der Waals surface area contributed by atoms with E-state index in [1.807, 2.05) is 0 Å². The van der Waals surface area contributed by atoms with E-state index in [1.54, 1.807) is 19.2 Å². The molecule has 1 amide bonds. The lowest BCUT2D eigenvalue weighted by Crippen LogP contribution is -2.43. The zero-order valence-corrected chi connectivity index (χ0v) is 17.6. The molecule has 0 aliphatic rings. The first-order valence-electron chi connectivity index (χ1n) is 8.54. The maximum atomic E-state index is 12.8. The van der Waals surface area contributed by atoms with Gasteiger partial charge in [-0.3, -0.25) is 9.79 Å². The third-order valence-electron chi connectivity index (χ3n) is 3.95.